The van der Waals surface area contributed by atoms with Crippen molar-refractivity contribution in [3.05, 3.63) is 0 Å². The van der Waals surface area contributed by atoms with E-state index in [0.29, 0.717) is 0 Å². The zero-order valence-electron chi connectivity index (χ0n) is 6.86. The molecule has 84 valence electrons. The lowest BCUT2D eigenvalue weighted by Crippen LogP contribution is -2.33. The van der Waals surface area contributed by atoms with Crippen molar-refractivity contribution in [1.29, 1.82) is 0 Å². The summed E-state index contributed by atoms with van der Waals surface area (Å²) < 4.78 is 30.9. The Balaban J connectivity index is 2.61. The molecule has 9 heteroatoms. The van der Waals surface area contributed by atoms with Crippen molar-refractivity contribution >= 4 is 7.82 Å². The number of rotatable bonds is 3. The van der Waals surface area contributed by atoms with Crippen LogP contribution in [0.4, 0.5) is 4.39 Å². The summed E-state index contributed by atoms with van der Waals surface area (Å²) in [5.74, 6) is 0. The number of aliphatic hydroxyl groups is 2. The number of ether oxygens (including phenoxy) is 1. The highest BCUT2D eigenvalue weighted by atomic mass is 31.2. The Morgan fingerprint density at radius 2 is 1.93 bits per heavy atom. The van der Waals surface area contributed by atoms with E-state index >= 15 is 0 Å². The van der Waals surface area contributed by atoms with E-state index in [1.54, 1.807) is 0 Å². The molecule has 0 bridgehead atoms. The molecule has 7 nitrogen and oxygen atoms in total. The third-order valence-electron chi connectivity index (χ3n) is 1.71. The van der Waals surface area contributed by atoms with Gasteiger partial charge in [0.05, 0.1) is 0 Å². The maximum Gasteiger partial charge on any atom is 0.472 e. The summed E-state index contributed by atoms with van der Waals surface area (Å²) in [4.78, 5) is 16.7. The SMILES string of the molecule is O=P(O)(O)O[C@H]1O[C@H](CF)[C@@H](O)[C@H]1O. The summed E-state index contributed by atoms with van der Waals surface area (Å²) in [5, 5.41) is 18.2. The van der Waals surface area contributed by atoms with Crippen molar-refractivity contribution < 1.29 is 38.2 Å². The largest absolute Gasteiger partial charge is 0.472 e. The monoisotopic (exact) mass is 232 g/mol. The van der Waals surface area contributed by atoms with Crippen LogP contribution < -0.4 is 0 Å². The van der Waals surface area contributed by atoms with Gasteiger partial charge in [-0.05, 0) is 0 Å². The third kappa shape index (κ3) is 2.71. The molecular formula is C5H10FO7P. The Morgan fingerprint density at radius 1 is 1.36 bits per heavy atom. The van der Waals surface area contributed by atoms with Gasteiger partial charge in [0.25, 0.3) is 0 Å². The van der Waals surface area contributed by atoms with Gasteiger partial charge >= 0.3 is 7.82 Å². The molecule has 0 saturated carbocycles. The van der Waals surface area contributed by atoms with E-state index in [0.717, 1.165) is 0 Å². The molecule has 0 radical (unpaired) electrons. The minimum atomic E-state index is -4.83. The molecule has 0 amide bonds. The number of aliphatic hydroxyl groups excluding tert-OH is 2. The summed E-state index contributed by atoms with van der Waals surface area (Å²) in [6.45, 7) is -1.08. The molecule has 0 spiro atoms. The smallest absolute Gasteiger partial charge is 0.387 e. The number of alkyl halides is 1. The number of halogens is 1. The molecule has 0 unspecified atom stereocenters. The van der Waals surface area contributed by atoms with Crippen LogP contribution in [-0.4, -0.2) is 51.3 Å². The second-order valence-corrected chi connectivity index (χ2v) is 3.97. The topological polar surface area (TPSA) is 116 Å². The van der Waals surface area contributed by atoms with Crippen molar-refractivity contribution in [2.45, 2.75) is 24.6 Å². The number of hydrogen-bond donors (Lipinski definition) is 4. The molecule has 0 aromatic heterocycles. The van der Waals surface area contributed by atoms with Gasteiger partial charge in [-0.3, -0.25) is 4.52 Å². The number of phosphoric acid groups is 1. The molecule has 0 aliphatic carbocycles. The molecule has 1 heterocycles. The van der Waals surface area contributed by atoms with E-state index in [-0.39, 0.29) is 0 Å². The fraction of sp³-hybridized carbons (Fsp3) is 1.00. The van der Waals surface area contributed by atoms with Crippen molar-refractivity contribution in [2.75, 3.05) is 6.67 Å². The first-order valence-electron chi connectivity index (χ1n) is 3.66. The minimum Gasteiger partial charge on any atom is -0.387 e. The van der Waals surface area contributed by atoms with Gasteiger partial charge in [0.15, 0.2) is 6.29 Å². The first-order chi connectivity index (χ1) is 6.35. The van der Waals surface area contributed by atoms with Gasteiger partial charge in [0.2, 0.25) is 0 Å². The highest BCUT2D eigenvalue weighted by Crippen LogP contribution is 2.41. The van der Waals surface area contributed by atoms with Crippen molar-refractivity contribution in [2.24, 2.45) is 0 Å². The molecule has 1 rings (SSSR count). The highest BCUT2D eigenvalue weighted by molar-refractivity contribution is 7.46. The summed E-state index contributed by atoms with van der Waals surface area (Å²) in [5.41, 5.74) is 0. The molecule has 1 aliphatic rings. The Bertz CT molecular complexity index is 242. The highest BCUT2D eigenvalue weighted by Gasteiger charge is 2.45. The van der Waals surface area contributed by atoms with E-state index in [1.165, 1.54) is 0 Å². The Labute approximate surface area is 78.3 Å². The summed E-state index contributed by atoms with van der Waals surface area (Å²) >= 11 is 0. The van der Waals surface area contributed by atoms with Crippen molar-refractivity contribution in [3.8, 4) is 0 Å². The average Bonchev–Trinajstić information content (AvgIpc) is 2.30. The van der Waals surface area contributed by atoms with Crippen LogP contribution in [0.25, 0.3) is 0 Å². The van der Waals surface area contributed by atoms with E-state index < -0.39 is 39.1 Å². The van der Waals surface area contributed by atoms with Gasteiger partial charge in [-0.2, -0.15) is 0 Å². The lowest BCUT2D eigenvalue weighted by Gasteiger charge is -2.15. The van der Waals surface area contributed by atoms with Crippen LogP contribution in [0.1, 0.15) is 0 Å². The van der Waals surface area contributed by atoms with Crippen LogP contribution >= 0.6 is 7.82 Å². The first-order valence-corrected chi connectivity index (χ1v) is 5.19. The fourth-order valence-electron chi connectivity index (χ4n) is 1.06. The van der Waals surface area contributed by atoms with Crippen molar-refractivity contribution in [1.82, 2.24) is 0 Å². The van der Waals surface area contributed by atoms with Crippen LogP contribution in [-0.2, 0) is 13.8 Å². The van der Waals surface area contributed by atoms with E-state index in [4.69, 9.17) is 20.0 Å². The van der Waals surface area contributed by atoms with Crippen LogP contribution in [0.5, 0.6) is 0 Å². The zero-order valence-corrected chi connectivity index (χ0v) is 7.75. The molecule has 4 atom stereocenters. The van der Waals surface area contributed by atoms with E-state index in [9.17, 15) is 8.96 Å². The van der Waals surface area contributed by atoms with Crippen molar-refractivity contribution in [3.63, 3.8) is 0 Å². The molecular weight excluding hydrogens is 222 g/mol. The fourth-order valence-corrected chi connectivity index (χ4v) is 1.51. The van der Waals surface area contributed by atoms with Gasteiger partial charge in [0.1, 0.15) is 25.0 Å². The van der Waals surface area contributed by atoms with Gasteiger partial charge in [-0.25, -0.2) is 8.96 Å². The average molecular weight is 232 g/mol. The third-order valence-corrected chi connectivity index (χ3v) is 2.19. The molecule has 0 aromatic rings. The van der Waals surface area contributed by atoms with Gasteiger partial charge < -0.3 is 24.7 Å². The Morgan fingerprint density at radius 3 is 2.29 bits per heavy atom. The molecule has 14 heavy (non-hydrogen) atoms. The predicted molar refractivity (Wildman–Crippen MR) is 39.8 cm³/mol. The van der Waals surface area contributed by atoms with E-state index in [2.05, 4.69) is 9.26 Å². The van der Waals surface area contributed by atoms with Gasteiger partial charge in [0, 0.05) is 0 Å². The molecule has 1 fully saturated rings. The molecule has 0 aromatic carbocycles. The quantitative estimate of drug-likeness (QED) is 0.438. The maximum absolute atomic E-state index is 12.1. The lowest BCUT2D eigenvalue weighted by molar-refractivity contribution is -0.122. The molecule has 1 saturated heterocycles. The zero-order chi connectivity index (χ0) is 10.9. The van der Waals surface area contributed by atoms with Crippen LogP contribution in [0, 0.1) is 0 Å². The van der Waals surface area contributed by atoms with Crippen LogP contribution in [0.15, 0.2) is 0 Å². The second-order valence-electron chi connectivity index (χ2n) is 2.77. The van der Waals surface area contributed by atoms with Crippen LogP contribution in [0.2, 0.25) is 0 Å². The predicted octanol–water partition coefficient (Wildman–Crippen LogP) is -1.49. The number of phosphoric ester groups is 1. The Hall–Kier alpha value is -0.0800. The first kappa shape index (κ1) is 12.0. The summed E-state index contributed by atoms with van der Waals surface area (Å²) in [7, 11) is -4.83. The summed E-state index contributed by atoms with van der Waals surface area (Å²) in [6, 6.07) is 0. The molecule has 4 N–H and O–H groups in total. The standard InChI is InChI=1S/C5H10FO7P/c6-1-2-3(7)4(8)5(12-2)13-14(9,10)11/h2-5,7-8H,1H2,(H2,9,10,11)/t2-,3-,4-,5-/m1/s1. The summed E-state index contributed by atoms with van der Waals surface area (Å²) in [6.07, 6.45) is -6.28. The van der Waals surface area contributed by atoms with Crippen LogP contribution in [0.3, 0.4) is 0 Å². The second kappa shape index (κ2) is 4.19. The van der Waals surface area contributed by atoms with Gasteiger partial charge in [-0.1, -0.05) is 0 Å². The maximum atomic E-state index is 12.1. The molecule has 1 aliphatic heterocycles. The van der Waals surface area contributed by atoms with E-state index in [1.807, 2.05) is 0 Å². The Kier molecular flexibility index (Phi) is 3.59. The minimum absolute atomic E-state index is 1.08. The van der Waals surface area contributed by atoms with Gasteiger partial charge in [-0.15, -0.1) is 0 Å². The lowest BCUT2D eigenvalue weighted by atomic mass is 10.1. The normalized spacial score (nSPS) is 38.9. The number of hydrogen-bond acceptors (Lipinski definition) is 5.